The second-order valence-electron chi connectivity index (χ2n) is 8.94. The molecule has 3 aromatic rings. The van der Waals surface area contributed by atoms with Gasteiger partial charge in [0.15, 0.2) is 0 Å². The van der Waals surface area contributed by atoms with E-state index in [1.165, 1.54) is 4.88 Å². The molecule has 1 saturated heterocycles. The SMILES string of the molecule is COc1ccc(N2CCCN(C(=O)c3c(NC(=O)c4cccnc4)sc4c3CCCC4)CC2)cc1. The Morgan fingerprint density at radius 3 is 2.60 bits per heavy atom. The summed E-state index contributed by atoms with van der Waals surface area (Å²) in [4.78, 5) is 36.3. The van der Waals surface area contributed by atoms with Crippen LogP contribution in [0, 0.1) is 0 Å². The first kappa shape index (κ1) is 23.4. The molecule has 5 rings (SSSR count). The number of fused-ring (bicyclic) bond motifs is 1. The van der Waals surface area contributed by atoms with E-state index in [1.807, 2.05) is 17.0 Å². The molecule has 2 amide bonds. The van der Waals surface area contributed by atoms with Gasteiger partial charge in [0.1, 0.15) is 10.8 Å². The van der Waals surface area contributed by atoms with Gasteiger partial charge in [-0.25, -0.2) is 0 Å². The minimum atomic E-state index is -0.229. The fourth-order valence-electron chi connectivity index (χ4n) is 4.88. The molecular weight excluding hydrogens is 460 g/mol. The van der Waals surface area contributed by atoms with E-state index in [-0.39, 0.29) is 11.8 Å². The number of rotatable bonds is 5. The lowest BCUT2D eigenvalue weighted by Gasteiger charge is -2.24. The zero-order valence-corrected chi connectivity index (χ0v) is 20.8. The van der Waals surface area contributed by atoms with Gasteiger partial charge in [0.2, 0.25) is 0 Å². The smallest absolute Gasteiger partial charge is 0.257 e. The summed E-state index contributed by atoms with van der Waals surface area (Å²) < 4.78 is 5.28. The molecule has 8 heteroatoms. The van der Waals surface area contributed by atoms with Crippen molar-refractivity contribution in [3.8, 4) is 5.75 Å². The van der Waals surface area contributed by atoms with E-state index in [0.717, 1.165) is 62.2 Å². The fourth-order valence-corrected chi connectivity index (χ4v) is 6.16. The van der Waals surface area contributed by atoms with Crippen molar-refractivity contribution in [3.63, 3.8) is 0 Å². The average molecular weight is 491 g/mol. The number of methoxy groups -OCH3 is 1. The Morgan fingerprint density at radius 2 is 1.83 bits per heavy atom. The molecule has 0 spiro atoms. The Balaban J connectivity index is 1.36. The molecule has 182 valence electrons. The van der Waals surface area contributed by atoms with Gasteiger partial charge in [0, 0.05) is 49.1 Å². The van der Waals surface area contributed by atoms with E-state index >= 15 is 0 Å². The molecule has 0 bridgehead atoms. The molecule has 2 aromatic heterocycles. The van der Waals surface area contributed by atoms with Gasteiger partial charge in [-0.05, 0) is 74.1 Å². The maximum Gasteiger partial charge on any atom is 0.257 e. The van der Waals surface area contributed by atoms with Gasteiger partial charge in [-0.2, -0.15) is 0 Å². The highest BCUT2D eigenvalue weighted by atomic mass is 32.1. The van der Waals surface area contributed by atoms with E-state index in [1.54, 1.807) is 43.0 Å². The first-order valence-electron chi connectivity index (χ1n) is 12.2. The van der Waals surface area contributed by atoms with Crippen molar-refractivity contribution in [3.05, 3.63) is 70.4 Å². The molecule has 35 heavy (non-hydrogen) atoms. The zero-order valence-electron chi connectivity index (χ0n) is 20.0. The third kappa shape index (κ3) is 5.03. The fraction of sp³-hybridized carbons (Fsp3) is 0.370. The molecule has 2 aliphatic rings. The summed E-state index contributed by atoms with van der Waals surface area (Å²) in [6.45, 7) is 3.00. The number of aryl methyl sites for hydroxylation is 1. The number of ether oxygens (including phenoxy) is 1. The lowest BCUT2D eigenvalue weighted by Crippen LogP contribution is -2.36. The summed E-state index contributed by atoms with van der Waals surface area (Å²) in [6, 6.07) is 11.6. The van der Waals surface area contributed by atoms with Gasteiger partial charge in [-0.3, -0.25) is 14.6 Å². The number of nitrogens with zero attached hydrogens (tertiary/aromatic N) is 3. The van der Waals surface area contributed by atoms with Gasteiger partial charge >= 0.3 is 0 Å². The topological polar surface area (TPSA) is 74.8 Å². The number of amides is 2. The molecule has 0 saturated carbocycles. The average Bonchev–Trinajstić information content (AvgIpc) is 3.08. The number of nitrogens with one attached hydrogen (secondary N) is 1. The maximum absolute atomic E-state index is 13.9. The van der Waals surface area contributed by atoms with Crippen LogP contribution in [0.3, 0.4) is 0 Å². The molecule has 1 fully saturated rings. The molecule has 0 atom stereocenters. The van der Waals surface area contributed by atoms with Crippen LogP contribution in [-0.2, 0) is 12.8 Å². The Bertz CT molecular complexity index is 1190. The summed E-state index contributed by atoms with van der Waals surface area (Å²) in [5.74, 6) is 0.637. The number of thiophene rings is 1. The highest BCUT2D eigenvalue weighted by Gasteiger charge is 2.30. The van der Waals surface area contributed by atoms with E-state index in [2.05, 4.69) is 27.3 Å². The summed E-state index contributed by atoms with van der Waals surface area (Å²) in [7, 11) is 1.67. The molecule has 1 aliphatic heterocycles. The first-order chi connectivity index (χ1) is 17.1. The molecule has 1 aliphatic carbocycles. The number of benzene rings is 1. The van der Waals surface area contributed by atoms with Crippen molar-refractivity contribution in [1.29, 1.82) is 0 Å². The maximum atomic E-state index is 13.9. The lowest BCUT2D eigenvalue weighted by molar-refractivity contribution is 0.0767. The van der Waals surface area contributed by atoms with Crippen LogP contribution >= 0.6 is 11.3 Å². The number of hydrogen-bond donors (Lipinski definition) is 1. The number of aromatic nitrogens is 1. The minimum Gasteiger partial charge on any atom is -0.497 e. The van der Waals surface area contributed by atoms with Gasteiger partial charge in [0.25, 0.3) is 11.8 Å². The number of hydrogen-bond acceptors (Lipinski definition) is 6. The minimum absolute atomic E-state index is 0.0301. The second-order valence-corrected chi connectivity index (χ2v) is 10.0. The van der Waals surface area contributed by atoms with Crippen LogP contribution in [0.4, 0.5) is 10.7 Å². The third-order valence-corrected chi connectivity index (χ3v) is 7.96. The van der Waals surface area contributed by atoms with E-state index < -0.39 is 0 Å². The zero-order chi connectivity index (χ0) is 24.2. The highest BCUT2D eigenvalue weighted by Crippen LogP contribution is 2.39. The standard InChI is InChI=1S/C27H30N4O3S/c1-34-21-11-9-20(10-12-21)30-14-5-15-31(17-16-30)27(33)24-22-7-2-3-8-23(22)35-26(24)29-25(32)19-6-4-13-28-18-19/h4,6,9-13,18H,2-3,5,7-8,14-17H2,1H3,(H,29,32). The quantitative estimate of drug-likeness (QED) is 0.564. The number of carbonyl (C=O) groups excluding carboxylic acids is 2. The molecule has 3 heterocycles. The Kier molecular flexibility index (Phi) is 6.99. The largest absolute Gasteiger partial charge is 0.497 e. The first-order valence-corrected chi connectivity index (χ1v) is 13.0. The summed E-state index contributed by atoms with van der Waals surface area (Å²) in [5.41, 5.74) is 3.45. The van der Waals surface area contributed by atoms with Crippen molar-refractivity contribution in [2.24, 2.45) is 0 Å². The Hall–Kier alpha value is -3.39. The second kappa shape index (κ2) is 10.5. The van der Waals surface area contributed by atoms with Crippen LogP contribution in [-0.4, -0.2) is 55.0 Å². The normalized spacial score (nSPS) is 15.8. The van der Waals surface area contributed by atoms with Crippen LogP contribution in [0.2, 0.25) is 0 Å². The van der Waals surface area contributed by atoms with Crippen molar-refractivity contribution < 1.29 is 14.3 Å². The number of carbonyl (C=O) groups is 2. The Labute approximate surface area is 209 Å². The van der Waals surface area contributed by atoms with Gasteiger partial charge in [-0.15, -0.1) is 11.3 Å². The molecular formula is C27H30N4O3S. The van der Waals surface area contributed by atoms with Crippen LogP contribution in [0.15, 0.2) is 48.8 Å². The van der Waals surface area contributed by atoms with Crippen LogP contribution in [0.25, 0.3) is 0 Å². The third-order valence-electron chi connectivity index (χ3n) is 6.76. The predicted octanol–water partition coefficient (Wildman–Crippen LogP) is 4.64. The van der Waals surface area contributed by atoms with Crippen molar-refractivity contribution in [2.75, 3.05) is 43.5 Å². The van der Waals surface area contributed by atoms with Crippen molar-refractivity contribution in [2.45, 2.75) is 32.1 Å². The Morgan fingerprint density at radius 1 is 1.00 bits per heavy atom. The van der Waals surface area contributed by atoms with E-state index in [0.29, 0.717) is 29.2 Å². The van der Waals surface area contributed by atoms with E-state index in [9.17, 15) is 9.59 Å². The molecule has 1 N–H and O–H groups in total. The lowest BCUT2D eigenvalue weighted by atomic mass is 9.95. The molecule has 0 unspecified atom stereocenters. The molecule has 1 aromatic carbocycles. The molecule has 7 nitrogen and oxygen atoms in total. The van der Waals surface area contributed by atoms with Gasteiger partial charge in [-0.1, -0.05) is 0 Å². The summed E-state index contributed by atoms with van der Waals surface area (Å²) in [5, 5.41) is 3.71. The van der Waals surface area contributed by atoms with Gasteiger partial charge < -0.3 is 19.9 Å². The predicted molar refractivity (Wildman–Crippen MR) is 139 cm³/mol. The van der Waals surface area contributed by atoms with Crippen LogP contribution in [0.1, 0.15) is 50.4 Å². The summed E-state index contributed by atoms with van der Waals surface area (Å²) in [6.07, 6.45) is 8.14. The van der Waals surface area contributed by atoms with Gasteiger partial charge in [0.05, 0.1) is 18.2 Å². The van der Waals surface area contributed by atoms with Crippen LogP contribution in [0.5, 0.6) is 5.75 Å². The molecule has 0 radical (unpaired) electrons. The monoisotopic (exact) mass is 490 g/mol. The van der Waals surface area contributed by atoms with Crippen LogP contribution < -0.4 is 15.0 Å². The van der Waals surface area contributed by atoms with Crippen molar-refractivity contribution >= 4 is 33.8 Å². The van der Waals surface area contributed by atoms with Crippen molar-refractivity contribution in [1.82, 2.24) is 9.88 Å². The number of anilines is 2. The summed E-state index contributed by atoms with van der Waals surface area (Å²) >= 11 is 1.56. The van der Waals surface area contributed by atoms with E-state index in [4.69, 9.17) is 4.74 Å². The number of pyridine rings is 1. The highest BCUT2D eigenvalue weighted by molar-refractivity contribution is 7.17.